The molecule has 0 heterocycles. The molecule has 1 N–H and O–H groups in total. The van der Waals surface area contributed by atoms with E-state index in [9.17, 15) is 10.1 Å². The number of methoxy groups -OCH3 is 1. The maximum absolute atomic E-state index is 12.9. The Morgan fingerprint density at radius 2 is 2.29 bits per heavy atom. The van der Waals surface area contributed by atoms with Gasteiger partial charge in [-0.15, -0.1) is 0 Å². The molecule has 1 aliphatic carbocycles. The number of hydrogen-bond acceptors (Lipinski definition) is 4. The number of nitriles is 1. The summed E-state index contributed by atoms with van der Waals surface area (Å²) in [7, 11) is 1.52. The number of hydrogen-bond donors (Lipinski definition) is 1. The van der Waals surface area contributed by atoms with Gasteiger partial charge < -0.3 is 14.8 Å². The quantitative estimate of drug-likeness (QED) is 0.859. The highest BCUT2D eigenvalue weighted by molar-refractivity contribution is 5.97. The molecule has 1 fully saturated rings. The van der Waals surface area contributed by atoms with Crippen LogP contribution in [0.5, 0.6) is 5.75 Å². The lowest BCUT2D eigenvalue weighted by molar-refractivity contribution is -0.148. The second-order valence-electron chi connectivity index (χ2n) is 6.53. The van der Waals surface area contributed by atoms with Gasteiger partial charge in [0.05, 0.1) is 12.7 Å². The van der Waals surface area contributed by atoms with Crippen LogP contribution in [0.4, 0.5) is 5.69 Å². The van der Waals surface area contributed by atoms with E-state index in [1.165, 1.54) is 7.11 Å². The molecule has 2 atom stereocenters. The number of carbonyl (C=O) groups excluding carboxylic acids is 1. The molecule has 1 amide bonds. The maximum atomic E-state index is 12.9. The predicted molar refractivity (Wildman–Crippen MR) is 92.9 cm³/mol. The molecule has 1 aromatic rings. The van der Waals surface area contributed by atoms with E-state index >= 15 is 0 Å². The van der Waals surface area contributed by atoms with Gasteiger partial charge in [0.15, 0.2) is 0 Å². The van der Waals surface area contributed by atoms with Gasteiger partial charge in [0.25, 0.3) is 5.91 Å². The third-order valence-electron chi connectivity index (χ3n) is 4.53. The van der Waals surface area contributed by atoms with Crippen LogP contribution < -0.4 is 10.1 Å². The Hall–Kier alpha value is -2.06. The third kappa shape index (κ3) is 4.07. The van der Waals surface area contributed by atoms with Crippen LogP contribution in [0.15, 0.2) is 18.2 Å². The largest absolute Gasteiger partial charge is 0.495 e. The summed E-state index contributed by atoms with van der Waals surface area (Å²) in [4.78, 5) is 12.9. The fourth-order valence-corrected chi connectivity index (χ4v) is 3.32. The van der Waals surface area contributed by atoms with Crippen molar-refractivity contribution in [3.63, 3.8) is 0 Å². The Labute approximate surface area is 144 Å². The van der Waals surface area contributed by atoms with Crippen molar-refractivity contribution >= 4 is 11.6 Å². The molecule has 2 rings (SSSR count). The Balaban J connectivity index is 2.20. The lowest BCUT2D eigenvalue weighted by Gasteiger charge is -2.38. The first-order valence-electron chi connectivity index (χ1n) is 8.58. The second kappa shape index (κ2) is 8.16. The predicted octanol–water partition coefficient (Wildman–Crippen LogP) is 3.88. The van der Waals surface area contributed by atoms with Gasteiger partial charge in [-0.3, -0.25) is 4.79 Å². The minimum absolute atomic E-state index is 0.114. The van der Waals surface area contributed by atoms with Crippen molar-refractivity contribution in [2.45, 2.75) is 51.6 Å². The zero-order valence-electron chi connectivity index (χ0n) is 14.7. The Bertz CT molecular complexity index is 624. The van der Waals surface area contributed by atoms with Crippen LogP contribution in [0, 0.1) is 17.2 Å². The normalized spacial score (nSPS) is 23.3. The first kappa shape index (κ1) is 18.3. The topological polar surface area (TPSA) is 71.3 Å². The van der Waals surface area contributed by atoms with E-state index in [-0.39, 0.29) is 5.91 Å². The van der Waals surface area contributed by atoms with Gasteiger partial charge in [0, 0.05) is 12.3 Å². The van der Waals surface area contributed by atoms with Gasteiger partial charge >= 0.3 is 0 Å². The summed E-state index contributed by atoms with van der Waals surface area (Å²) in [6.07, 6.45) is 4.48. The molecule has 24 heavy (non-hydrogen) atoms. The molecule has 0 spiro atoms. The average molecular weight is 330 g/mol. The van der Waals surface area contributed by atoms with Crippen molar-refractivity contribution in [2.75, 3.05) is 19.0 Å². The summed E-state index contributed by atoms with van der Waals surface area (Å²) < 4.78 is 11.2. The Morgan fingerprint density at radius 1 is 1.50 bits per heavy atom. The summed E-state index contributed by atoms with van der Waals surface area (Å²) in [6.45, 7) is 4.78. The second-order valence-corrected chi connectivity index (χ2v) is 6.53. The average Bonchev–Trinajstić information content (AvgIpc) is 2.59. The molecular weight excluding hydrogens is 304 g/mol. The van der Waals surface area contributed by atoms with Crippen molar-refractivity contribution in [1.82, 2.24) is 0 Å². The number of amides is 1. The molecule has 130 valence electrons. The number of carbonyl (C=O) groups is 1. The van der Waals surface area contributed by atoms with Crippen LogP contribution in [0.1, 0.15) is 51.5 Å². The van der Waals surface area contributed by atoms with E-state index in [1.54, 1.807) is 18.2 Å². The first-order chi connectivity index (χ1) is 11.5. The zero-order valence-corrected chi connectivity index (χ0v) is 14.7. The number of ether oxygens (including phenoxy) is 2. The van der Waals surface area contributed by atoms with Crippen molar-refractivity contribution in [3.8, 4) is 11.8 Å². The van der Waals surface area contributed by atoms with Crippen LogP contribution in [0.25, 0.3) is 0 Å². The van der Waals surface area contributed by atoms with Gasteiger partial charge in [0.2, 0.25) is 0 Å². The lowest BCUT2D eigenvalue weighted by Crippen LogP contribution is -2.48. The van der Waals surface area contributed by atoms with Crippen molar-refractivity contribution in [3.05, 3.63) is 23.8 Å². The van der Waals surface area contributed by atoms with Gasteiger partial charge in [-0.1, -0.05) is 20.3 Å². The van der Waals surface area contributed by atoms with E-state index in [0.29, 0.717) is 29.5 Å². The van der Waals surface area contributed by atoms with E-state index in [2.05, 4.69) is 18.3 Å². The maximum Gasteiger partial charge on any atom is 0.256 e. The van der Waals surface area contributed by atoms with E-state index in [1.807, 2.05) is 6.92 Å². The highest BCUT2D eigenvalue weighted by Gasteiger charge is 2.42. The molecule has 0 saturated heterocycles. The van der Waals surface area contributed by atoms with E-state index in [4.69, 9.17) is 9.47 Å². The molecule has 5 nitrogen and oxygen atoms in total. The minimum Gasteiger partial charge on any atom is -0.495 e. The summed E-state index contributed by atoms with van der Waals surface area (Å²) in [5.41, 5.74) is 0.228. The van der Waals surface area contributed by atoms with Crippen LogP contribution >= 0.6 is 0 Å². The fraction of sp³-hybridized carbons (Fsp3) is 0.579. The third-order valence-corrected chi connectivity index (χ3v) is 4.53. The smallest absolute Gasteiger partial charge is 0.256 e. The molecule has 0 bridgehead atoms. The van der Waals surface area contributed by atoms with Gasteiger partial charge in [-0.05, 0) is 49.8 Å². The summed E-state index contributed by atoms with van der Waals surface area (Å²) in [5, 5.41) is 12.1. The number of nitrogens with one attached hydrogen (secondary N) is 1. The molecule has 5 heteroatoms. The fourth-order valence-electron chi connectivity index (χ4n) is 3.32. The summed E-state index contributed by atoms with van der Waals surface area (Å²) >= 11 is 0. The Kier molecular flexibility index (Phi) is 6.22. The van der Waals surface area contributed by atoms with E-state index in [0.717, 1.165) is 32.1 Å². The lowest BCUT2D eigenvalue weighted by atomic mass is 9.78. The van der Waals surface area contributed by atoms with Crippen LogP contribution in [0.2, 0.25) is 0 Å². The molecule has 1 aromatic carbocycles. The van der Waals surface area contributed by atoms with Crippen LogP contribution in [0.3, 0.4) is 0 Å². The number of benzene rings is 1. The molecule has 0 aliphatic heterocycles. The monoisotopic (exact) mass is 330 g/mol. The van der Waals surface area contributed by atoms with Gasteiger partial charge in [-0.2, -0.15) is 5.26 Å². The van der Waals surface area contributed by atoms with Crippen molar-refractivity contribution < 1.29 is 14.3 Å². The zero-order chi connectivity index (χ0) is 17.6. The molecule has 0 radical (unpaired) electrons. The molecule has 1 saturated carbocycles. The first-order valence-corrected chi connectivity index (χ1v) is 8.58. The van der Waals surface area contributed by atoms with Crippen molar-refractivity contribution in [1.29, 1.82) is 5.26 Å². The molecule has 0 aromatic heterocycles. The van der Waals surface area contributed by atoms with Crippen LogP contribution in [-0.2, 0) is 9.53 Å². The van der Waals surface area contributed by atoms with Gasteiger partial charge in [-0.25, -0.2) is 0 Å². The van der Waals surface area contributed by atoms with Gasteiger partial charge in [0.1, 0.15) is 17.4 Å². The number of rotatable bonds is 6. The van der Waals surface area contributed by atoms with E-state index < -0.39 is 5.60 Å². The SMILES string of the molecule is CCCOC1(C(=O)Nc2ccc(OC)c(C#N)c2)CCCC(C)C1. The minimum atomic E-state index is -0.763. The molecular formula is C19H26N2O3. The Morgan fingerprint density at radius 3 is 2.92 bits per heavy atom. The van der Waals surface area contributed by atoms with Crippen molar-refractivity contribution in [2.24, 2.45) is 5.92 Å². The molecule has 2 unspecified atom stereocenters. The number of nitrogens with zero attached hydrogens (tertiary/aromatic N) is 1. The summed E-state index contributed by atoms with van der Waals surface area (Å²) in [5.74, 6) is 0.849. The number of anilines is 1. The highest BCUT2D eigenvalue weighted by Crippen LogP contribution is 2.36. The highest BCUT2D eigenvalue weighted by atomic mass is 16.5. The summed E-state index contributed by atoms with van der Waals surface area (Å²) in [6, 6.07) is 7.16. The molecule has 1 aliphatic rings. The standard InChI is InChI=1S/C19H26N2O3/c1-4-10-24-19(9-5-6-14(2)12-19)18(22)21-16-7-8-17(23-3)15(11-16)13-20/h7-8,11,14H,4-6,9-10,12H2,1-3H3,(H,21,22). The van der Waals surface area contributed by atoms with Crippen LogP contribution in [-0.4, -0.2) is 25.2 Å².